The van der Waals surface area contributed by atoms with Crippen LogP contribution in [0.5, 0.6) is 0 Å². The molecule has 0 bridgehead atoms. The van der Waals surface area contributed by atoms with Gasteiger partial charge in [0, 0.05) is 32.7 Å². The van der Waals surface area contributed by atoms with Crippen LogP contribution in [-0.4, -0.2) is 28.3 Å². The molecule has 1 aliphatic heterocycles. The van der Waals surface area contributed by atoms with E-state index in [1.54, 1.807) is 0 Å². The van der Waals surface area contributed by atoms with Crippen LogP contribution in [0.2, 0.25) is 0 Å². The van der Waals surface area contributed by atoms with E-state index in [-0.39, 0.29) is 40.1 Å². The minimum absolute atomic E-state index is 0. The summed E-state index contributed by atoms with van der Waals surface area (Å²) in [6.45, 7) is 0. The second kappa shape index (κ2) is 4.11. The number of aliphatic hydroxyl groups is 2. The standard InChI is InChI=1S/C3H2O6.CH4.Y/c4-1-2(5)9-3(6,7)8-1;;/h6-7H;1H4;. The smallest absolute Gasteiger partial charge is 0.365 e. The van der Waals surface area contributed by atoms with Gasteiger partial charge in [-0.2, -0.15) is 0 Å². The van der Waals surface area contributed by atoms with Gasteiger partial charge in [0.05, 0.1) is 0 Å². The Bertz CT molecular complexity index is 157. The van der Waals surface area contributed by atoms with E-state index in [1.807, 2.05) is 0 Å². The third-order valence-electron chi connectivity index (χ3n) is 0.618. The zero-order chi connectivity index (χ0) is 7.07. The van der Waals surface area contributed by atoms with E-state index in [0.717, 1.165) is 0 Å². The van der Waals surface area contributed by atoms with Gasteiger partial charge in [-0.3, -0.25) is 10.2 Å². The third-order valence-corrected chi connectivity index (χ3v) is 0.618. The molecule has 1 radical (unpaired) electrons. The first-order valence-electron chi connectivity index (χ1n) is 1.92. The van der Waals surface area contributed by atoms with Gasteiger partial charge in [-0.1, -0.05) is 7.43 Å². The van der Waals surface area contributed by atoms with Crippen molar-refractivity contribution in [2.75, 3.05) is 0 Å². The first-order valence-corrected chi connectivity index (χ1v) is 1.92. The maximum Gasteiger partial charge on any atom is 0.509 e. The van der Waals surface area contributed by atoms with Crippen molar-refractivity contribution in [3.63, 3.8) is 0 Å². The van der Waals surface area contributed by atoms with Crippen LogP contribution in [-0.2, 0) is 51.8 Å². The summed E-state index contributed by atoms with van der Waals surface area (Å²) in [5.41, 5.74) is 0. The number of cyclic esters (lactones) is 2. The molecular formula is C4H6O6Y. The van der Waals surface area contributed by atoms with Gasteiger partial charge in [0.1, 0.15) is 0 Å². The van der Waals surface area contributed by atoms with Gasteiger partial charge >= 0.3 is 18.1 Å². The number of rotatable bonds is 0. The summed E-state index contributed by atoms with van der Waals surface area (Å²) in [7, 11) is 0. The molecule has 1 saturated heterocycles. The summed E-state index contributed by atoms with van der Waals surface area (Å²) in [6, 6.07) is 0. The normalized spacial score (nSPS) is 19.1. The topological polar surface area (TPSA) is 93.1 Å². The van der Waals surface area contributed by atoms with E-state index in [0.29, 0.717) is 0 Å². The fourth-order valence-electron chi connectivity index (χ4n) is 0.346. The van der Waals surface area contributed by atoms with Crippen LogP contribution in [0.3, 0.4) is 0 Å². The molecule has 1 heterocycles. The second-order valence-corrected chi connectivity index (χ2v) is 1.33. The second-order valence-electron chi connectivity index (χ2n) is 1.33. The number of carbonyl (C=O) groups excluding carboxylic acids is 2. The zero-order valence-electron chi connectivity index (χ0n) is 4.60. The molecule has 1 aliphatic rings. The Morgan fingerprint density at radius 3 is 1.45 bits per heavy atom. The molecule has 11 heavy (non-hydrogen) atoms. The van der Waals surface area contributed by atoms with E-state index in [4.69, 9.17) is 10.2 Å². The fourth-order valence-corrected chi connectivity index (χ4v) is 0.346. The van der Waals surface area contributed by atoms with Crippen molar-refractivity contribution in [3.8, 4) is 0 Å². The molecule has 1 fully saturated rings. The van der Waals surface area contributed by atoms with Gasteiger partial charge in [0.15, 0.2) is 0 Å². The molecule has 0 aromatic carbocycles. The maximum atomic E-state index is 9.97. The summed E-state index contributed by atoms with van der Waals surface area (Å²) in [6.07, 6.45) is -3.06. The van der Waals surface area contributed by atoms with Crippen molar-refractivity contribution in [2.24, 2.45) is 0 Å². The summed E-state index contributed by atoms with van der Waals surface area (Å²) in [4.78, 5) is 19.9. The summed E-state index contributed by atoms with van der Waals surface area (Å²) < 4.78 is 7.12. The molecule has 0 saturated carbocycles. The third kappa shape index (κ3) is 3.24. The Morgan fingerprint density at radius 2 is 1.36 bits per heavy atom. The van der Waals surface area contributed by atoms with E-state index in [1.165, 1.54) is 0 Å². The predicted molar refractivity (Wildman–Crippen MR) is 26.1 cm³/mol. The average Bonchev–Trinajstić information content (AvgIpc) is 1.79. The molecule has 0 aromatic rings. The number of ether oxygens (including phenoxy) is 2. The molecule has 2 N–H and O–H groups in total. The van der Waals surface area contributed by atoms with E-state index >= 15 is 0 Å². The number of carbonyl (C=O) groups is 2. The van der Waals surface area contributed by atoms with Crippen molar-refractivity contribution in [1.82, 2.24) is 0 Å². The van der Waals surface area contributed by atoms with E-state index in [2.05, 4.69) is 9.47 Å². The van der Waals surface area contributed by atoms with Crippen molar-refractivity contribution in [2.45, 2.75) is 13.6 Å². The number of esters is 2. The van der Waals surface area contributed by atoms with Crippen LogP contribution in [0, 0.1) is 0 Å². The number of hydrogen-bond acceptors (Lipinski definition) is 6. The SMILES string of the molecule is C.O=C1OC(O)(O)OC1=O.[Y]. The maximum absolute atomic E-state index is 9.97. The summed E-state index contributed by atoms with van der Waals surface area (Å²) in [5, 5.41) is 16.4. The van der Waals surface area contributed by atoms with E-state index in [9.17, 15) is 9.59 Å². The summed E-state index contributed by atoms with van der Waals surface area (Å²) in [5.74, 6) is -2.83. The Balaban J connectivity index is 0. The zero-order valence-corrected chi connectivity index (χ0v) is 7.44. The summed E-state index contributed by atoms with van der Waals surface area (Å²) >= 11 is 0. The van der Waals surface area contributed by atoms with Crippen LogP contribution in [0.1, 0.15) is 7.43 Å². The van der Waals surface area contributed by atoms with Gasteiger partial charge in [-0.15, -0.1) is 0 Å². The van der Waals surface area contributed by atoms with Crippen LogP contribution in [0.25, 0.3) is 0 Å². The quantitative estimate of drug-likeness (QED) is 0.298. The largest absolute Gasteiger partial charge is 0.509 e. The van der Waals surface area contributed by atoms with Gasteiger partial charge in [-0.05, 0) is 0 Å². The van der Waals surface area contributed by atoms with Crippen molar-refractivity contribution >= 4 is 11.9 Å². The van der Waals surface area contributed by atoms with E-state index < -0.39 is 18.1 Å². The predicted octanol–water partition coefficient (Wildman–Crippen LogP) is -1.68. The van der Waals surface area contributed by atoms with Gasteiger partial charge in [-0.25, -0.2) is 9.59 Å². The molecule has 7 heteroatoms. The molecule has 0 aliphatic carbocycles. The molecule has 0 amide bonds. The van der Waals surface area contributed by atoms with Crippen molar-refractivity contribution in [1.29, 1.82) is 0 Å². The Labute approximate surface area is 87.4 Å². The van der Waals surface area contributed by atoms with Gasteiger partial charge in [0.25, 0.3) is 0 Å². The van der Waals surface area contributed by atoms with Gasteiger partial charge < -0.3 is 9.47 Å². The number of hydrogen-bond donors (Lipinski definition) is 2. The van der Waals surface area contributed by atoms with Crippen LogP contribution in [0.15, 0.2) is 0 Å². The molecule has 61 valence electrons. The molecule has 6 nitrogen and oxygen atoms in total. The first-order chi connectivity index (χ1) is 4.01. The minimum Gasteiger partial charge on any atom is -0.365 e. The molecule has 0 spiro atoms. The van der Waals surface area contributed by atoms with Crippen LogP contribution >= 0.6 is 0 Å². The Kier molecular flexibility index (Phi) is 5.06. The van der Waals surface area contributed by atoms with Crippen LogP contribution < -0.4 is 0 Å². The molecule has 0 atom stereocenters. The Morgan fingerprint density at radius 1 is 1.09 bits per heavy atom. The van der Waals surface area contributed by atoms with Crippen LogP contribution in [0.4, 0.5) is 0 Å². The molecule has 0 unspecified atom stereocenters. The Hall–Kier alpha value is -0.0361. The van der Waals surface area contributed by atoms with Crippen molar-refractivity contribution < 1.29 is 62.0 Å². The minimum atomic E-state index is -3.06. The van der Waals surface area contributed by atoms with Crippen molar-refractivity contribution in [3.05, 3.63) is 0 Å². The fraction of sp³-hybridized carbons (Fsp3) is 0.500. The molecular weight excluding hydrogens is 233 g/mol. The average molecular weight is 239 g/mol. The molecule has 0 aromatic heterocycles. The van der Waals surface area contributed by atoms with Gasteiger partial charge in [0.2, 0.25) is 0 Å². The monoisotopic (exact) mass is 239 g/mol. The molecule has 1 rings (SSSR count). The first kappa shape index (κ1) is 13.5.